The fourth-order valence-electron chi connectivity index (χ4n) is 3.38. The molecule has 0 spiro atoms. The first-order valence-corrected chi connectivity index (χ1v) is 9.18. The standard InChI is InChI=1S/C20H30N2O2/c1-5-21(6-2)13-17-15-9-12-20(24)18(14-22(7-3)8-4)16(15)10-11-19(17)23/h9-12,23-24H,5-8,13-14H2,1-4H3/p+2. The van der Waals surface area contributed by atoms with Gasteiger partial charge in [0.2, 0.25) is 0 Å². The zero-order valence-electron chi connectivity index (χ0n) is 15.4. The molecular weight excluding hydrogens is 300 g/mol. The molecule has 0 fully saturated rings. The van der Waals surface area contributed by atoms with Crippen LogP contribution < -0.4 is 9.80 Å². The molecule has 2 rings (SSSR count). The van der Waals surface area contributed by atoms with Crippen molar-refractivity contribution in [3.8, 4) is 11.5 Å². The number of phenols is 2. The Balaban J connectivity index is 2.55. The minimum atomic E-state index is 0.355. The highest BCUT2D eigenvalue weighted by molar-refractivity contribution is 5.91. The Bertz CT molecular complexity index is 618. The van der Waals surface area contributed by atoms with Crippen LogP contribution >= 0.6 is 0 Å². The van der Waals surface area contributed by atoms with Crippen molar-refractivity contribution in [1.82, 2.24) is 0 Å². The van der Waals surface area contributed by atoms with E-state index < -0.39 is 0 Å². The predicted octanol–water partition coefficient (Wildman–Crippen LogP) is 1.10. The SMILES string of the molecule is CC[NH+](CC)Cc1c(O)ccc2c(C[NH+](CC)CC)c(O)ccc12. The second kappa shape index (κ2) is 8.36. The summed E-state index contributed by atoms with van der Waals surface area (Å²) in [5.41, 5.74) is 1.98. The van der Waals surface area contributed by atoms with Crippen molar-refractivity contribution in [2.24, 2.45) is 0 Å². The summed E-state index contributed by atoms with van der Waals surface area (Å²) in [5.74, 6) is 0.711. The van der Waals surface area contributed by atoms with Crippen LogP contribution in [0, 0.1) is 0 Å². The molecule has 4 nitrogen and oxygen atoms in total. The largest absolute Gasteiger partial charge is 0.507 e. The third-order valence-corrected chi connectivity index (χ3v) is 5.23. The second-order valence-electron chi connectivity index (χ2n) is 6.49. The molecule has 0 unspecified atom stereocenters. The van der Waals surface area contributed by atoms with Crippen LogP contribution in [0.5, 0.6) is 11.5 Å². The summed E-state index contributed by atoms with van der Waals surface area (Å²) in [6, 6.07) is 7.45. The second-order valence-corrected chi connectivity index (χ2v) is 6.49. The number of rotatable bonds is 8. The van der Waals surface area contributed by atoms with Crippen molar-refractivity contribution >= 4 is 10.8 Å². The Kier molecular flexibility index (Phi) is 6.46. The van der Waals surface area contributed by atoms with E-state index in [-0.39, 0.29) is 0 Å². The normalized spacial score (nSPS) is 11.8. The molecule has 4 N–H and O–H groups in total. The van der Waals surface area contributed by atoms with E-state index in [9.17, 15) is 10.2 Å². The molecule has 0 heterocycles. The lowest BCUT2D eigenvalue weighted by Crippen LogP contribution is -3.10. The van der Waals surface area contributed by atoms with E-state index >= 15 is 0 Å². The molecule has 0 saturated heterocycles. The fraction of sp³-hybridized carbons (Fsp3) is 0.500. The van der Waals surface area contributed by atoms with Crippen molar-refractivity contribution in [1.29, 1.82) is 0 Å². The lowest BCUT2D eigenvalue weighted by Gasteiger charge is -2.20. The van der Waals surface area contributed by atoms with Crippen LogP contribution in [-0.4, -0.2) is 36.4 Å². The number of phenolic OH excluding ortho intramolecular Hbond substituents is 2. The number of nitrogens with one attached hydrogen (secondary N) is 2. The van der Waals surface area contributed by atoms with E-state index in [1.807, 2.05) is 12.1 Å². The molecular formula is C20H32N2O2+2. The molecule has 24 heavy (non-hydrogen) atoms. The number of hydrogen-bond acceptors (Lipinski definition) is 2. The number of benzene rings is 2. The predicted molar refractivity (Wildman–Crippen MR) is 98.8 cm³/mol. The molecule has 0 radical (unpaired) electrons. The van der Waals surface area contributed by atoms with Gasteiger partial charge in [-0.15, -0.1) is 0 Å². The summed E-state index contributed by atoms with van der Waals surface area (Å²) in [6.45, 7) is 14.4. The maximum atomic E-state index is 10.4. The van der Waals surface area contributed by atoms with Crippen molar-refractivity contribution in [3.05, 3.63) is 35.4 Å². The van der Waals surface area contributed by atoms with E-state index in [2.05, 4.69) is 27.7 Å². The Hall–Kier alpha value is -1.78. The average molecular weight is 332 g/mol. The molecule has 0 amide bonds. The van der Waals surface area contributed by atoms with Gasteiger partial charge in [0.1, 0.15) is 24.6 Å². The summed E-state index contributed by atoms with van der Waals surface area (Å²) in [4.78, 5) is 2.86. The zero-order chi connectivity index (χ0) is 17.7. The molecule has 0 aliphatic rings. The van der Waals surface area contributed by atoms with Crippen molar-refractivity contribution in [3.63, 3.8) is 0 Å². The average Bonchev–Trinajstić information content (AvgIpc) is 2.60. The molecule has 2 aromatic rings. The highest BCUT2D eigenvalue weighted by atomic mass is 16.3. The fourth-order valence-corrected chi connectivity index (χ4v) is 3.38. The van der Waals surface area contributed by atoms with Gasteiger partial charge in [-0.25, -0.2) is 0 Å². The minimum Gasteiger partial charge on any atom is -0.507 e. The lowest BCUT2D eigenvalue weighted by molar-refractivity contribution is -0.910. The maximum Gasteiger partial charge on any atom is 0.125 e. The Morgan fingerprint density at radius 3 is 1.25 bits per heavy atom. The maximum absolute atomic E-state index is 10.4. The minimum absolute atomic E-state index is 0.355. The quantitative estimate of drug-likeness (QED) is 0.585. The molecule has 2 aromatic carbocycles. The molecule has 132 valence electrons. The molecule has 0 aromatic heterocycles. The summed E-state index contributed by atoms with van der Waals surface area (Å²) in [7, 11) is 0. The Morgan fingerprint density at radius 2 is 0.958 bits per heavy atom. The highest BCUT2D eigenvalue weighted by Gasteiger charge is 2.18. The zero-order valence-corrected chi connectivity index (χ0v) is 15.4. The van der Waals surface area contributed by atoms with Gasteiger partial charge in [0, 0.05) is 0 Å². The molecule has 0 bridgehead atoms. The molecule has 4 heteroatoms. The van der Waals surface area contributed by atoms with Gasteiger partial charge < -0.3 is 20.0 Å². The van der Waals surface area contributed by atoms with Gasteiger partial charge in [-0.1, -0.05) is 12.1 Å². The summed E-state index contributed by atoms with van der Waals surface area (Å²) in [5, 5.41) is 22.9. The van der Waals surface area contributed by atoms with Gasteiger partial charge in [0.05, 0.1) is 37.3 Å². The molecule has 0 saturated carbocycles. The topological polar surface area (TPSA) is 49.3 Å². The summed E-state index contributed by atoms with van der Waals surface area (Å²) in [6.07, 6.45) is 0. The van der Waals surface area contributed by atoms with Crippen LogP contribution in [0.4, 0.5) is 0 Å². The van der Waals surface area contributed by atoms with E-state index in [0.29, 0.717) is 11.5 Å². The van der Waals surface area contributed by atoms with Crippen molar-refractivity contribution in [2.45, 2.75) is 40.8 Å². The van der Waals surface area contributed by atoms with Gasteiger partial charge >= 0.3 is 0 Å². The third kappa shape index (κ3) is 3.82. The van der Waals surface area contributed by atoms with Crippen LogP contribution in [0.1, 0.15) is 38.8 Å². The van der Waals surface area contributed by atoms with Gasteiger partial charge in [-0.05, 0) is 50.6 Å². The number of hydrogen-bond donors (Lipinski definition) is 4. The van der Waals surface area contributed by atoms with Crippen LogP contribution in [-0.2, 0) is 13.1 Å². The monoisotopic (exact) mass is 332 g/mol. The first-order valence-electron chi connectivity index (χ1n) is 9.18. The highest BCUT2D eigenvalue weighted by Crippen LogP contribution is 2.32. The van der Waals surface area contributed by atoms with Crippen LogP contribution in [0.3, 0.4) is 0 Å². The first kappa shape index (κ1) is 18.6. The van der Waals surface area contributed by atoms with E-state index in [4.69, 9.17) is 0 Å². The smallest absolute Gasteiger partial charge is 0.125 e. The van der Waals surface area contributed by atoms with E-state index in [0.717, 1.165) is 61.2 Å². The molecule has 0 atom stereocenters. The molecule has 0 aliphatic heterocycles. The van der Waals surface area contributed by atoms with Crippen LogP contribution in [0.15, 0.2) is 24.3 Å². The van der Waals surface area contributed by atoms with Gasteiger partial charge in [0.15, 0.2) is 0 Å². The van der Waals surface area contributed by atoms with E-state index in [1.165, 1.54) is 9.80 Å². The van der Waals surface area contributed by atoms with Gasteiger partial charge in [-0.3, -0.25) is 0 Å². The molecule has 0 aliphatic carbocycles. The van der Waals surface area contributed by atoms with Crippen molar-refractivity contribution < 1.29 is 20.0 Å². The van der Waals surface area contributed by atoms with Gasteiger partial charge in [-0.2, -0.15) is 0 Å². The van der Waals surface area contributed by atoms with Crippen LogP contribution in [0.25, 0.3) is 10.8 Å². The summed E-state index contributed by atoms with van der Waals surface area (Å²) >= 11 is 0. The lowest BCUT2D eigenvalue weighted by atomic mass is 9.97. The number of aromatic hydroxyl groups is 2. The van der Waals surface area contributed by atoms with E-state index in [1.54, 1.807) is 12.1 Å². The van der Waals surface area contributed by atoms with Crippen LogP contribution in [0.2, 0.25) is 0 Å². The first-order chi connectivity index (χ1) is 11.5. The summed E-state index contributed by atoms with van der Waals surface area (Å²) < 4.78 is 0. The Morgan fingerprint density at radius 1 is 0.625 bits per heavy atom. The third-order valence-electron chi connectivity index (χ3n) is 5.23. The number of quaternary nitrogens is 2. The van der Waals surface area contributed by atoms with Gasteiger partial charge in [0.25, 0.3) is 0 Å². The number of fused-ring (bicyclic) bond motifs is 1. The Labute approximate surface area is 145 Å². The van der Waals surface area contributed by atoms with Crippen molar-refractivity contribution in [2.75, 3.05) is 26.2 Å².